The van der Waals surface area contributed by atoms with Gasteiger partial charge < -0.3 is 43.0 Å². The van der Waals surface area contributed by atoms with E-state index in [0.717, 1.165) is 5.56 Å². The van der Waals surface area contributed by atoms with E-state index in [4.69, 9.17) is 37.9 Å². The van der Waals surface area contributed by atoms with Crippen LogP contribution >= 0.6 is 0 Å². The van der Waals surface area contributed by atoms with Gasteiger partial charge in [0.15, 0.2) is 11.5 Å². The average Bonchev–Trinajstić information content (AvgIpc) is 2.82. The quantitative estimate of drug-likeness (QED) is 0.246. The summed E-state index contributed by atoms with van der Waals surface area (Å²) in [5.74, 6) is 1.16. The summed E-state index contributed by atoms with van der Waals surface area (Å²) in [6.45, 7) is 11.1. The highest BCUT2D eigenvalue weighted by Gasteiger charge is 2.07. The fraction of sp³-hybridized carbons (Fsp3) is 0.739. The standard InChI is InChI=1S/C23H40O9/c1-3-25-7-9-27-11-13-29-15-17-31-22-6-5-21(20-24)19-23(22)32-18-16-30-14-12-28-10-8-26-4-2/h5-6,19,24H,3-4,7-18,20H2,1-2H3. The second-order valence-corrected chi connectivity index (χ2v) is 6.48. The SMILES string of the molecule is CCOCCOCCOCCOc1ccc(CO)cc1OCCOCCOCCOCC. The van der Waals surface area contributed by atoms with Crippen molar-refractivity contribution in [2.45, 2.75) is 20.5 Å². The molecule has 1 aromatic carbocycles. The molecule has 1 rings (SSSR count). The fourth-order valence-corrected chi connectivity index (χ4v) is 2.47. The Morgan fingerprint density at radius 1 is 0.531 bits per heavy atom. The summed E-state index contributed by atoms with van der Waals surface area (Å²) >= 11 is 0. The van der Waals surface area contributed by atoms with E-state index in [1.165, 1.54) is 0 Å². The number of ether oxygens (including phenoxy) is 8. The van der Waals surface area contributed by atoms with Crippen LogP contribution in [0.3, 0.4) is 0 Å². The van der Waals surface area contributed by atoms with Gasteiger partial charge >= 0.3 is 0 Å². The van der Waals surface area contributed by atoms with E-state index >= 15 is 0 Å². The first kappa shape index (κ1) is 28.6. The van der Waals surface area contributed by atoms with Crippen LogP contribution in [0.25, 0.3) is 0 Å². The van der Waals surface area contributed by atoms with E-state index in [1.54, 1.807) is 18.2 Å². The van der Waals surface area contributed by atoms with Crippen LogP contribution in [0.5, 0.6) is 11.5 Å². The van der Waals surface area contributed by atoms with E-state index in [-0.39, 0.29) is 6.61 Å². The molecule has 0 atom stereocenters. The normalized spacial score (nSPS) is 11.1. The Morgan fingerprint density at radius 3 is 1.38 bits per heavy atom. The van der Waals surface area contributed by atoms with Gasteiger partial charge in [-0.1, -0.05) is 6.07 Å². The third kappa shape index (κ3) is 15.4. The van der Waals surface area contributed by atoms with Gasteiger partial charge in [0.05, 0.1) is 72.7 Å². The van der Waals surface area contributed by atoms with Crippen LogP contribution in [0.2, 0.25) is 0 Å². The third-order valence-electron chi connectivity index (χ3n) is 4.06. The number of rotatable bonds is 23. The van der Waals surface area contributed by atoms with E-state index in [1.807, 2.05) is 13.8 Å². The van der Waals surface area contributed by atoms with Crippen molar-refractivity contribution < 1.29 is 43.0 Å². The summed E-state index contributed by atoms with van der Waals surface area (Å²) in [5, 5.41) is 9.38. The number of aliphatic hydroxyl groups is 1. The maximum absolute atomic E-state index is 9.38. The summed E-state index contributed by atoms with van der Waals surface area (Å²) < 4.78 is 43.7. The molecule has 0 radical (unpaired) electrons. The lowest BCUT2D eigenvalue weighted by atomic mass is 10.2. The minimum atomic E-state index is -0.0708. The van der Waals surface area contributed by atoms with Gasteiger partial charge in [0.1, 0.15) is 13.2 Å². The fourth-order valence-electron chi connectivity index (χ4n) is 2.47. The van der Waals surface area contributed by atoms with Crippen molar-refractivity contribution in [2.75, 3.05) is 92.5 Å². The van der Waals surface area contributed by atoms with Crippen molar-refractivity contribution in [3.05, 3.63) is 23.8 Å². The van der Waals surface area contributed by atoms with E-state index < -0.39 is 0 Å². The molecule has 0 bridgehead atoms. The number of benzene rings is 1. The molecule has 32 heavy (non-hydrogen) atoms. The molecule has 0 saturated heterocycles. The lowest BCUT2D eigenvalue weighted by Crippen LogP contribution is -2.14. The molecule has 0 aliphatic heterocycles. The molecule has 0 aliphatic carbocycles. The molecule has 0 amide bonds. The Hall–Kier alpha value is -1.46. The number of hydrogen-bond donors (Lipinski definition) is 1. The largest absolute Gasteiger partial charge is 0.487 e. The molecule has 9 heteroatoms. The Bertz CT molecular complexity index is 542. The number of hydrogen-bond acceptors (Lipinski definition) is 9. The summed E-state index contributed by atoms with van der Waals surface area (Å²) in [5.41, 5.74) is 0.747. The smallest absolute Gasteiger partial charge is 0.161 e. The first-order valence-electron chi connectivity index (χ1n) is 11.3. The van der Waals surface area contributed by atoms with Gasteiger partial charge in [-0.05, 0) is 31.5 Å². The second kappa shape index (κ2) is 21.4. The van der Waals surface area contributed by atoms with Crippen molar-refractivity contribution in [1.29, 1.82) is 0 Å². The molecule has 0 unspecified atom stereocenters. The molecule has 0 spiro atoms. The molecule has 9 nitrogen and oxygen atoms in total. The molecule has 0 aromatic heterocycles. The van der Waals surface area contributed by atoms with Crippen LogP contribution in [0.1, 0.15) is 19.4 Å². The van der Waals surface area contributed by atoms with Crippen LogP contribution in [-0.4, -0.2) is 97.6 Å². The van der Waals surface area contributed by atoms with Gasteiger partial charge in [0, 0.05) is 13.2 Å². The van der Waals surface area contributed by atoms with Crippen molar-refractivity contribution in [2.24, 2.45) is 0 Å². The lowest BCUT2D eigenvalue weighted by molar-refractivity contribution is 0.00973. The van der Waals surface area contributed by atoms with Gasteiger partial charge in [0.25, 0.3) is 0 Å². The highest BCUT2D eigenvalue weighted by molar-refractivity contribution is 5.42. The zero-order chi connectivity index (χ0) is 23.1. The highest BCUT2D eigenvalue weighted by Crippen LogP contribution is 2.28. The molecule has 0 aliphatic rings. The minimum Gasteiger partial charge on any atom is -0.487 e. The first-order valence-corrected chi connectivity index (χ1v) is 11.3. The first-order chi connectivity index (χ1) is 15.8. The monoisotopic (exact) mass is 460 g/mol. The van der Waals surface area contributed by atoms with Crippen molar-refractivity contribution in [3.63, 3.8) is 0 Å². The van der Waals surface area contributed by atoms with Crippen LogP contribution < -0.4 is 9.47 Å². The van der Waals surface area contributed by atoms with E-state index in [2.05, 4.69) is 0 Å². The van der Waals surface area contributed by atoms with E-state index in [9.17, 15) is 5.11 Å². The molecule has 1 aromatic rings. The topological polar surface area (TPSA) is 94.1 Å². The zero-order valence-electron chi connectivity index (χ0n) is 19.6. The van der Waals surface area contributed by atoms with Crippen molar-refractivity contribution >= 4 is 0 Å². The summed E-state index contributed by atoms with van der Waals surface area (Å²) in [4.78, 5) is 0. The predicted octanol–water partition coefficient (Wildman–Crippen LogP) is 2.08. The Morgan fingerprint density at radius 2 is 0.938 bits per heavy atom. The maximum Gasteiger partial charge on any atom is 0.161 e. The maximum atomic E-state index is 9.38. The van der Waals surface area contributed by atoms with Gasteiger partial charge in [-0.3, -0.25) is 0 Å². The summed E-state index contributed by atoms with van der Waals surface area (Å²) in [7, 11) is 0. The molecule has 0 fully saturated rings. The Kier molecular flexibility index (Phi) is 19.1. The van der Waals surface area contributed by atoms with Crippen molar-refractivity contribution in [1.82, 2.24) is 0 Å². The molecule has 186 valence electrons. The Labute approximate surface area is 191 Å². The van der Waals surface area contributed by atoms with Crippen molar-refractivity contribution in [3.8, 4) is 11.5 Å². The van der Waals surface area contributed by atoms with Crippen LogP contribution in [0.4, 0.5) is 0 Å². The highest BCUT2D eigenvalue weighted by atomic mass is 16.6. The number of aliphatic hydroxyl groups excluding tert-OH is 1. The molecule has 0 heterocycles. The van der Waals surface area contributed by atoms with Gasteiger partial charge in [0.2, 0.25) is 0 Å². The minimum absolute atomic E-state index is 0.0708. The van der Waals surface area contributed by atoms with Gasteiger partial charge in [-0.2, -0.15) is 0 Å². The second-order valence-electron chi connectivity index (χ2n) is 6.48. The lowest BCUT2D eigenvalue weighted by Gasteiger charge is -2.14. The van der Waals surface area contributed by atoms with Gasteiger partial charge in [-0.25, -0.2) is 0 Å². The molecule has 0 saturated carbocycles. The Balaban J connectivity index is 2.17. The zero-order valence-corrected chi connectivity index (χ0v) is 19.6. The third-order valence-corrected chi connectivity index (χ3v) is 4.06. The van der Waals surface area contributed by atoms with Gasteiger partial charge in [-0.15, -0.1) is 0 Å². The molecular weight excluding hydrogens is 420 g/mol. The van der Waals surface area contributed by atoms with Crippen LogP contribution in [0.15, 0.2) is 18.2 Å². The van der Waals surface area contributed by atoms with E-state index in [0.29, 0.717) is 104 Å². The average molecular weight is 461 g/mol. The predicted molar refractivity (Wildman–Crippen MR) is 120 cm³/mol. The van der Waals surface area contributed by atoms with Crippen LogP contribution in [0, 0.1) is 0 Å². The van der Waals surface area contributed by atoms with Crippen LogP contribution in [-0.2, 0) is 35.0 Å². The summed E-state index contributed by atoms with van der Waals surface area (Å²) in [6.07, 6.45) is 0. The molecule has 1 N–H and O–H groups in total. The molecular formula is C23H40O9. The summed E-state index contributed by atoms with van der Waals surface area (Å²) in [6, 6.07) is 5.34.